The van der Waals surface area contributed by atoms with Gasteiger partial charge in [0.05, 0.1) is 36.8 Å². The van der Waals surface area contributed by atoms with Crippen molar-refractivity contribution in [1.82, 2.24) is 0 Å². The Morgan fingerprint density at radius 1 is 1.14 bits per heavy atom. The number of benzene rings is 2. The van der Waals surface area contributed by atoms with Crippen LogP contribution in [0.15, 0.2) is 42.5 Å². The smallest absolute Gasteiger partial charge is 0.271 e. The van der Waals surface area contributed by atoms with Crippen LogP contribution in [-0.2, 0) is 14.8 Å². The van der Waals surface area contributed by atoms with E-state index in [1.807, 2.05) is 0 Å². The Balaban J connectivity index is 2.27. The summed E-state index contributed by atoms with van der Waals surface area (Å²) >= 11 is 0. The zero-order valence-electron chi connectivity index (χ0n) is 15.4. The van der Waals surface area contributed by atoms with E-state index in [0.717, 1.165) is 16.6 Å². The average molecular weight is 409 g/mol. The number of hydrogen-bond donors (Lipinski definition) is 1. The van der Waals surface area contributed by atoms with Gasteiger partial charge in [-0.15, -0.1) is 0 Å². The molecule has 10 nitrogen and oxygen atoms in total. The molecule has 0 saturated heterocycles. The second kappa shape index (κ2) is 8.57. The van der Waals surface area contributed by atoms with Crippen LogP contribution in [0.25, 0.3) is 0 Å². The van der Waals surface area contributed by atoms with Gasteiger partial charge < -0.3 is 14.8 Å². The van der Waals surface area contributed by atoms with Gasteiger partial charge in [-0.25, -0.2) is 8.42 Å². The number of carbonyl (C=O) groups excluding carboxylic acids is 1. The number of nitro groups is 1. The molecule has 0 atom stereocenters. The molecule has 0 saturated carbocycles. The lowest BCUT2D eigenvalue weighted by Crippen LogP contribution is -2.37. The maximum absolute atomic E-state index is 12.4. The number of ether oxygens (including phenoxy) is 2. The molecule has 2 aromatic carbocycles. The first kappa shape index (κ1) is 21.0. The van der Waals surface area contributed by atoms with E-state index in [0.29, 0.717) is 5.75 Å². The molecule has 2 rings (SSSR count). The number of carbonyl (C=O) groups is 1. The molecule has 0 heterocycles. The van der Waals surface area contributed by atoms with Crippen LogP contribution in [0, 0.1) is 10.1 Å². The van der Waals surface area contributed by atoms with Crippen molar-refractivity contribution < 1.29 is 27.6 Å². The number of rotatable bonds is 8. The Hall–Kier alpha value is -3.34. The SMILES string of the molecule is COc1ccc(N(CC(=O)Nc2cc([N+](=O)[O-])ccc2OC)S(C)(=O)=O)cc1. The minimum Gasteiger partial charge on any atom is -0.497 e. The third kappa shape index (κ3) is 5.10. The van der Waals surface area contributed by atoms with Crippen molar-refractivity contribution in [2.75, 3.05) is 36.6 Å². The summed E-state index contributed by atoms with van der Waals surface area (Å²) < 4.78 is 35.3. The largest absolute Gasteiger partial charge is 0.497 e. The zero-order valence-corrected chi connectivity index (χ0v) is 16.2. The molecule has 150 valence electrons. The lowest BCUT2D eigenvalue weighted by Gasteiger charge is -2.22. The fourth-order valence-electron chi connectivity index (χ4n) is 2.38. The number of non-ortho nitro benzene ring substituents is 1. The molecule has 0 aliphatic heterocycles. The number of amides is 1. The molecule has 0 aliphatic carbocycles. The summed E-state index contributed by atoms with van der Waals surface area (Å²) in [6.07, 6.45) is 0.971. The fourth-order valence-corrected chi connectivity index (χ4v) is 3.23. The number of sulfonamides is 1. The topological polar surface area (TPSA) is 128 Å². The van der Waals surface area contributed by atoms with Crippen molar-refractivity contribution >= 4 is 33.0 Å². The molecule has 0 fully saturated rings. The second-order valence-corrected chi connectivity index (χ2v) is 7.56. The minimum atomic E-state index is -3.77. The monoisotopic (exact) mass is 409 g/mol. The van der Waals surface area contributed by atoms with E-state index >= 15 is 0 Å². The van der Waals surface area contributed by atoms with E-state index in [2.05, 4.69) is 5.32 Å². The summed E-state index contributed by atoms with van der Waals surface area (Å²) in [6, 6.07) is 9.83. The fraction of sp³-hybridized carbons (Fsp3) is 0.235. The number of methoxy groups -OCH3 is 2. The molecular formula is C17H19N3O7S. The van der Waals surface area contributed by atoms with Gasteiger partial charge in [0.25, 0.3) is 5.69 Å². The average Bonchev–Trinajstić information content (AvgIpc) is 2.65. The molecule has 2 aromatic rings. The normalized spacial score (nSPS) is 10.8. The summed E-state index contributed by atoms with van der Waals surface area (Å²) in [5.41, 5.74) is 0.0839. The Morgan fingerprint density at radius 3 is 2.29 bits per heavy atom. The minimum absolute atomic E-state index is 0.0601. The van der Waals surface area contributed by atoms with Crippen molar-refractivity contribution in [3.8, 4) is 11.5 Å². The van der Waals surface area contributed by atoms with E-state index in [1.165, 1.54) is 38.5 Å². The van der Waals surface area contributed by atoms with E-state index in [1.54, 1.807) is 12.1 Å². The van der Waals surface area contributed by atoms with Crippen LogP contribution in [-0.4, -0.2) is 46.3 Å². The molecule has 0 aliphatic rings. The molecule has 0 aromatic heterocycles. The van der Waals surface area contributed by atoms with Gasteiger partial charge in [-0.3, -0.25) is 19.2 Å². The van der Waals surface area contributed by atoms with Gasteiger partial charge in [-0.2, -0.15) is 0 Å². The lowest BCUT2D eigenvalue weighted by molar-refractivity contribution is -0.384. The molecule has 1 N–H and O–H groups in total. The van der Waals surface area contributed by atoms with Crippen LogP contribution in [0.4, 0.5) is 17.1 Å². The van der Waals surface area contributed by atoms with Crippen LogP contribution in [0.1, 0.15) is 0 Å². The number of hydrogen-bond acceptors (Lipinski definition) is 7. The summed E-state index contributed by atoms with van der Waals surface area (Å²) in [6.45, 7) is -0.531. The van der Waals surface area contributed by atoms with Crippen LogP contribution in [0.3, 0.4) is 0 Å². The predicted octanol–water partition coefficient (Wildman–Crippen LogP) is 2.02. The van der Waals surface area contributed by atoms with Gasteiger partial charge >= 0.3 is 0 Å². The van der Waals surface area contributed by atoms with E-state index in [9.17, 15) is 23.3 Å². The van der Waals surface area contributed by atoms with Crippen LogP contribution >= 0.6 is 0 Å². The third-order valence-corrected chi connectivity index (χ3v) is 4.86. The van der Waals surface area contributed by atoms with E-state index in [-0.39, 0.29) is 22.8 Å². The summed E-state index contributed by atoms with van der Waals surface area (Å²) in [4.78, 5) is 22.8. The number of nitro benzene ring substituents is 1. The Bertz CT molecular complexity index is 975. The molecule has 1 amide bonds. The van der Waals surface area contributed by atoms with Crippen molar-refractivity contribution in [1.29, 1.82) is 0 Å². The molecule has 28 heavy (non-hydrogen) atoms. The molecule has 0 bridgehead atoms. The Kier molecular flexibility index (Phi) is 6.41. The maximum Gasteiger partial charge on any atom is 0.271 e. The standard InChI is InChI=1S/C17H19N3O7S/c1-26-14-7-4-12(5-8-14)19(28(3,24)25)11-17(21)18-15-10-13(20(22)23)6-9-16(15)27-2/h4-10H,11H2,1-3H3,(H,18,21). The number of nitrogens with one attached hydrogen (secondary N) is 1. The number of anilines is 2. The quantitative estimate of drug-likeness (QED) is 0.522. The maximum atomic E-state index is 12.4. The molecule has 0 unspecified atom stereocenters. The highest BCUT2D eigenvalue weighted by atomic mass is 32.2. The Labute approximate surface area is 161 Å². The van der Waals surface area contributed by atoms with Crippen molar-refractivity contribution in [3.63, 3.8) is 0 Å². The second-order valence-electron chi connectivity index (χ2n) is 5.66. The van der Waals surface area contributed by atoms with Gasteiger partial charge in [0, 0.05) is 12.1 Å². The van der Waals surface area contributed by atoms with Gasteiger partial charge in [-0.05, 0) is 30.3 Å². The highest BCUT2D eigenvalue weighted by Crippen LogP contribution is 2.29. The highest BCUT2D eigenvalue weighted by molar-refractivity contribution is 7.92. The van der Waals surface area contributed by atoms with E-state index in [4.69, 9.17) is 9.47 Å². The van der Waals surface area contributed by atoms with Crippen LogP contribution < -0.4 is 19.1 Å². The van der Waals surface area contributed by atoms with Crippen LogP contribution in [0.5, 0.6) is 11.5 Å². The molecule has 11 heteroatoms. The van der Waals surface area contributed by atoms with Crippen molar-refractivity contribution in [3.05, 3.63) is 52.6 Å². The van der Waals surface area contributed by atoms with Gasteiger partial charge in [0.2, 0.25) is 15.9 Å². The summed E-state index contributed by atoms with van der Waals surface area (Å²) in [5, 5.41) is 13.4. The van der Waals surface area contributed by atoms with Gasteiger partial charge in [-0.1, -0.05) is 0 Å². The summed E-state index contributed by atoms with van der Waals surface area (Å²) in [5.74, 6) is 0.0392. The van der Waals surface area contributed by atoms with Crippen molar-refractivity contribution in [2.45, 2.75) is 0 Å². The molecule has 0 spiro atoms. The van der Waals surface area contributed by atoms with E-state index < -0.39 is 27.4 Å². The van der Waals surface area contributed by atoms with Crippen molar-refractivity contribution in [2.24, 2.45) is 0 Å². The first-order chi connectivity index (χ1) is 13.2. The summed E-state index contributed by atoms with van der Waals surface area (Å²) in [7, 11) is -0.950. The first-order valence-corrected chi connectivity index (χ1v) is 9.74. The van der Waals surface area contributed by atoms with Gasteiger partial charge in [0.15, 0.2) is 0 Å². The Morgan fingerprint density at radius 2 is 1.79 bits per heavy atom. The zero-order chi connectivity index (χ0) is 20.9. The highest BCUT2D eigenvalue weighted by Gasteiger charge is 2.22. The predicted molar refractivity (Wildman–Crippen MR) is 103 cm³/mol. The first-order valence-electron chi connectivity index (χ1n) is 7.89. The molecular weight excluding hydrogens is 390 g/mol. The lowest BCUT2D eigenvalue weighted by atomic mass is 10.2. The third-order valence-electron chi connectivity index (χ3n) is 3.72. The van der Waals surface area contributed by atoms with Crippen LogP contribution in [0.2, 0.25) is 0 Å². The number of nitrogens with zero attached hydrogens (tertiary/aromatic N) is 2. The van der Waals surface area contributed by atoms with Gasteiger partial charge in [0.1, 0.15) is 18.0 Å². The molecule has 0 radical (unpaired) electrons.